The third-order valence-corrected chi connectivity index (χ3v) is 2.48. The average Bonchev–Trinajstić information content (AvgIpc) is 2.36. The largest absolute Gasteiger partial charge is 0.502 e. The van der Waals surface area contributed by atoms with Crippen molar-refractivity contribution >= 4 is 5.97 Å². The van der Waals surface area contributed by atoms with Crippen molar-refractivity contribution in [2.75, 3.05) is 0 Å². The van der Waals surface area contributed by atoms with Crippen molar-refractivity contribution in [3.8, 4) is 5.75 Å². The second kappa shape index (κ2) is 7.53. The average molecular weight is 254 g/mol. The van der Waals surface area contributed by atoms with Crippen LogP contribution in [0.2, 0.25) is 0 Å². The lowest BCUT2D eigenvalue weighted by Gasteiger charge is -2.04. The van der Waals surface area contributed by atoms with Gasteiger partial charge in [-0.3, -0.25) is 9.59 Å². The summed E-state index contributed by atoms with van der Waals surface area (Å²) in [5.74, 6) is -0.536. The van der Waals surface area contributed by atoms with Crippen LogP contribution in [0.1, 0.15) is 44.8 Å². The molecule has 0 radical (unpaired) electrons. The van der Waals surface area contributed by atoms with Gasteiger partial charge in [0.05, 0.1) is 0 Å². The predicted octanol–water partition coefficient (Wildman–Crippen LogP) is 2.36. The lowest BCUT2D eigenvalue weighted by atomic mass is 10.2. The number of carbonyl (C=O) groups excluding carboxylic acids is 1. The monoisotopic (exact) mass is 254 g/mol. The fourth-order valence-electron chi connectivity index (χ4n) is 1.44. The van der Waals surface area contributed by atoms with Gasteiger partial charge in [-0.2, -0.15) is 0 Å². The lowest BCUT2D eigenvalue weighted by Crippen LogP contribution is -2.06. The smallest absolute Gasteiger partial charge is 0.306 e. The van der Waals surface area contributed by atoms with Crippen LogP contribution in [0.5, 0.6) is 5.75 Å². The number of rotatable bonds is 7. The molecule has 0 fully saturated rings. The van der Waals surface area contributed by atoms with Crippen LogP contribution in [-0.4, -0.2) is 11.1 Å². The zero-order chi connectivity index (χ0) is 13.4. The summed E-state index contributed by atoms with van der Waals surface area (Å²) in [4.78, 5) is 22.4. The minimum Gasteiger partial charge on any atom is -0.502 e. The van der Waals surface area contributed by atoms with Gasteiger partial charge in [-0.25, -0.2) is 0 Å². The number of aromatic hydroxyl groups is 1. The van der Waals surface area contributed by atoms with E-state index >= 15 is 0 Å². The van der Waals surface area contributed by atoms with Gasteiger partial charge in [0.25, 0.3) is 0 Å². The molecule has 18 heavy (non-hydrogen) atoms. The molecule has 1 N–H and O–H groups in total. The first-order valence-electron chi connectivity index (χ1n) is 6.09. The molecule has 1 aromatic rings. The summed E-state index contributed by atoms with van der Waals surface area (Å²) in [6.45, 7) is 2.02. The van der Waals surface area contributed by atoms with Crippen LogP contribution in [-0.2, 0) is 16.1 Å². The topological polar surface area (TPSA) is 76.7 Å². The zero-order valence-corrected chi connectivity index (χ0v) is 10.5. The van der Waals surface area contributed by atoms with Crippen molar-refractivity contribution in [1.82, 2.24) is 0 Å². The molecule has 0 bridgehead atoms. The van der Waals surface area contributed by atoms with Crippen LogP contribution >= 0.6 is 0 Å². The molecule has 0 aliphatic heterocycles. The highest BCUT2D eigenvalue weighted by Gasteiger charge is 2.06. The Bertz CT molecular complexity index is 435. The Hall–Kier alpha value is -1.78. The van der Waals surface area contributed by atoms with Gasteiger partial charge in [-0.15, -0.1) is 0 Å². The molecular weight excluding hydrogens is 236 g/mol. The Morgan fingerprint density at radius 3 is 2.83 bits per heavy atom. The first-order valence-corrected chi connectivity index (χ1v) is 6.09. The molecule has 1 heterocycles. The van der Waals surface area contributed by atoms with E-state index < -0.39 is 11.2 Å². The highest BCUT2D eigenvalue weighted by molar-refractivity contribution is 5.69. The summed E-state index contributed by atoms with van der Waals surface area (Å²) in [6.07, 6.45) is 5.37. The molecule has 0 aromatic carbocycles. The van der Waals surface area contributed by atoms with E-state index in [1.165, 1.54) is 0 Å². The van der Waals surface area contributed by atoms with E-state index in [2.05, 4.69) is 6.92 Å². The third-order valence-electron chi connectivity index (χ3n) is 2.48. The summed E-state index contributed by atoms with van der Waals surface area (Å²) in [7, 11) is 0. The third kappa shape index (κ3) is 5.03. The second-order valence-electron chi connectivity index (χ2n) is 4.07. The van der Waals surface area contributed by atoms with Crippen LogP contribution in [0.4, 0.5) is 0 Å². The minimum atomic E-state index is -0.546. The molecule has 0 aliphatic carbocycles. The lowest BCUT2D eigenvalue weighted by molar-refractivity contribution is -0.145. The van der Waals surface area contributed by atoms with E-state index in [1.54, 1.807) is 0 Å². The van der Waals surface area contributed by atoms with E-state index in [9.17, 15) is 9.59 Å². The highest BCUT2D eigenvalue weighted by Crippen LogP contribution is 2.07. The summed E-state index contributed by atoms with van der Waals surface area (Å²) in [5.41, 5.74) is -0.546. The molecule has 0 unspecified atom stereocenters. The fraction of sp³-hybridized carbons (Fsp3) is 0.538. The Morgan fingerprint density at radius 1 is 1.39 bits per heavy atom. The first-order chi connectivity index (χ1) is 8.63. The zero-order valence-electron chi connectivity index (χ0n) is 10.5. The number of ether oxygens (including phenoxy) is 1. The molecule has 0 atom stereocenters. The molecule has 0 saturated heterocycles. The molecule has 5 nitrogen and oxygen atoms in total. The quantitative estimate of drug-likeness (QED) is 0.597. The van der Waals surface area contributed by atoms with Crippen LogP contribution in [0.25, 0.3) is 0 Å². The van der Waals surface area contributed by atoms with E-state index in [4.69, 9.17) is 14.3 Å². The Balaban J connectivity index is 2.29. The molecule has 0 amide bonds. The van der Waals surface area contributed by atoms with Gasteiger partial charge in [-0.1, -0.05) is 26.2 Å². The van der Waals surface area contributed by atoms with Gasteiger partial charge in [0.2, 0.25) is 5.43 Å². The molecule has 5 heteroatoms. The maximum Gasteiger partial charge on any atom is 0.306 e. The summed E-state index contributed by atoms with van der Waals surface area (Å²) >= 11 is 0. The van der Waals surface area contributed by atoms with E-state index in [0.717, 1.165) is 38.0 Å². The van der Waals surface area contributed by atoms with Crippen molar-refractivity contribution in [2.24, 2.45) is 0 Å². The van der Waals surface area contributed by atoms with Gasteiger partial charge in [-0.05, 0) is 6.42 Å². The van der Waals surface area contributed by atoms with Crippen LogP contribution < -0.4 is 5.43 Å². The molecule has 1 rings (SSSR count). The van der Waals surface area contributed by atoms with E-state index in [1.807, 2.05) is 0 Å². The van der Waals surface area contributed by atoms with Crippen LogP contribution in [0.15, 0.2) is 21.5 Å². The maximum atomic E-state index is 11.3. The number of esters is 1. The van der Waals surface area contributed by atoms with Gasteiger partial charge < -0.3 is 14.3 Å². The van der Waals surface area contributed by atoms with Gasteiger partial charge in [0.1, 0.15) is 18.6 Å². The molecule has 100 valence electrons. The van der Waals surface area contributed by atoms with Crippen molar-refractivity contribution in [2.45, 2.75) is 45.6 Å². The normalized spacial score (nSPS) is 10.3. The highest BCUT2D eigenvalue weighted by atomic mass is 16.5. The second-order valence-corrected chi connectivity index (χ2v) is 4.07. The van der Waals surface area contributed by atoms with Crippen LogP contribution in [0.3, 0.4) is 0 Å². The Morgan fingerprint density at radius 2 is 2.17 bits per heavy atom. The molecule has 0 spiro atoms. The van der Waals surface area contributed by atoms with Crippen molar-refractivity contribution in [1.29, 1.82) is 0 Å². The number of hydrogen-bond donors (Lipinski definition) is 1. The van der Waals surface area contributed by atoms with Gasteiger partial charge in [0.15, 0.2) is 5.75 Å². The summed E-state index contributed by atoms with van der Waals surface area (Å²) < 4.78 is 9.86. The molecule has 0 aliphatic rings. The SMILES string of the molecule is CCCCCCC(=O)OCc1cc(=O)c(O)co1. The van der Waals surface area contributed by atoms with Crippen molar-refractivity contribution < 1.29 is 19.1 Å². The minimum absolute atomic E-state index is 0.0812. The van der Waals surface area contributed by atoms with Gasteiger partial charge in [0, 0.05) is 12.5 Å². The molecule has 0 saturated carbocycles. The molecule has 1 aromatic heterocycles. The standard InChI is InChI=1S/C13H18O5/c1-2-3-4-5-6-13(16)18-8-10-7-11(14)12(15)9-17-10/h7,9,15H,2-6,8H2,1H3. The van der Waals surface area contributed by atoms with Crippen molar-refractivity contribution in [3.05, 3.63) is 28.3 Å². The summed E-state index contributed by atoms with van der Waals surface area (Å²) in [6, 6.07) is 1.11. The van der Waals surface area contributed by atoms with Crippen molar-refractivity contribution in [3.63, 3.8) is 0 Å². The number of hydrogen-bond acceptors (Lipinski definition) is 5. The Kier molecular flexibility index (Phi) is 5.97. The maximum absolute atomic E-state index is 11.3. The van der Waals surface area contributed by atoms with Crippen LogP contribution in [0, 0.1) is 0 Å². The number of unbranched alkanes of at least 4 members (excludes halogenated alkanes) is 3. The predicted molar refractivity (Wildman–Crippen MR) is 65.2 cm³/mol. The fourth-order valence-corrected chi connectivity index (χ4v) is 1.44. The first kappa shape index (κ1) is 14.3. The molecular formula is C13H18O5. The number of carbonyl (C=O) groups is 1. The Labute approximate surface area is 105 Å². The van der Waals surface area contributed by atoms with E-state index in [-0.39, 0.29) is 18.3 Å². The summed E-state index contributed by atoms with van der Waals surface area (Å²) in [5, 5.41) is 8.97. The van der Waals surface area contributed by atoms with Gasteiger partial charge >= 0.3 is 5.97 Å². The van der Waals surface area contributed by atoms with E-state index in [0.29, 0.717) is 6.42 Å².